The minimum absolute atomic E-state index is 0.325. The molecule has 4 nitrogen and oxygen atoms in total. The van der Waals surface area contributed by atoms with Crippen molar-refractivity contribution in [2.24, 2.45) is 10.9 Å². The standard InChI is InChI=1S/C26H31ClN4/c1-18-16-31(17-30-18)13-3-4-20-14-21-15-22(27)6-7-23(21)25(19-8-11-28-12-9-19)26-24(20)5-2-10-29-26/h2,5-7,10,14-15,17-19,25,28H,3-4,8-9,11-13,16H2,1H3. The van der Waals surface area contributed by atoms with Gasteiger partial charge in [0.1, 0.15) is 0 Å². The minimum atomic E-state index is 0.325. The first-order valence-corrected chi connectivity index (χ1v) is 12.0. The van der Waals surface area contributed by atoms with Crippen LogP contribution >= 0.6 is 11.6 Å². The van der Waals surface area contributed by atoms with E-state index in [1.165, 1.54) is 40.8 Å². The number of pyridine rings is 1. The van der Waals surface area contributed by atoms with E-state index < -0.39 is 0 Å². The summed E-state index contributed by atoms with van der Waals surface area (Å²) in [5, 5.41) is 4.33. The SMILES string of the molecule is CC1CN(CCCC2=Cc3cc(Cl)ccc3C(C3CCNCC3)c3ncccc32)C=N1. The third-order valence-corrected chi connectivity index (χ3v) is 7.16. The number of hydrogen-bond acceptors (Lipinski definition) is 4. The van der Waals surface area contributed by atoms with Gasteiger partial charge >= 0.3 is 0 Å². The molecule has 3 aliphatic rings. The van der Waals surface area contributed by atoms with Gasteiger partial charge in [-0.15, -0.1) is 0 Å². The van der Waals surface area contributed by atoms with E-state index in [1.807, 2.05) is 18.6 Å². The van der Waals surface area contributed by atoms with Crippen LogP contribution in [0.3, 0.4) is 0 Å². The number of benzene rings is 1. The van der Waals surface area contributed by atoms with Crippen LogP contribution in [0.5, 0.6) is 0 Å². The molecule has 1 aliphatic carbocycles. The molecule has 0 bridgehead atoms. The smallest absolute Gasteiger partial charge is 0.0854 e. The van der Waals surface area contributed by atoms with Crippen LogP contribution in [0.4, 0.5) is 0 Å². The summed E-state index contributed by atoms with van der Waals surface area (Å²) < 4.78 is 0. The summed E-state index contributed by atoms with van der Waals surface area (Å²) >= 11 is 6.45. The summed E-state index contributed by atoms with van der Waals surface area (Å²) in [7, 11) is 0. The lowest BCUT2D eigenvalue weighted by Gasteiger charge is -2.32. The van der Waals surface area contributed by atoms with E-state index in [9.17, 15) is 0 Å². The van der Waals surface area contributed by atoms with Gasteiger partial charge < -0.3 is 10.2 Å². The third-order valence-electron chi connectivity index (χ3n) is 6.92. The number of nitrogens with zero attached hydrogens (tertiary/aromatic N) is 3. The van der Waals surface area contributed by atoms with Crippen molar-refractivity contribution >= 4 is 29.6 Å². The zero-order valence-corrected chi connectivity index (χ0v) is 19.0. The number of halogens is 1. The lowest BCUT2D eigenvalue weighted by molar-refractivity contribution is 0.339. The molecule has 2 atom stereocenters. The number of fused-ring (bicyclic) bond motifs is 2. The van der Waals surface area contributed by atoms with Crippen molar-refractivity contribution in [3.63, 3.8) is 0 Å². The second-order valence-corrected chi connectivity index (χ2v) is 9.59. The Labute approximate surface area is 190 Å². The highest BCUT2D eigenvalue weighted by molar-refractivity contribution is 6.30. The molecule has 2 aromatic rings. The van der Waals surface area contributed by atoms with E-state index in [2.05, 4.69) is 52.5 Å². The van der Waals surface area contributed by atoms with Gasteiger partial charge in [0.2, 0.25) is 0 Å². The van der Waals surface area contributed by atoms with Crippen molar-refractivity contribution in [2.45, 2.75) is 44.6 Å². The van der Waals surface area contributed by atoms with Gasteiger partial charge in [-0.3, -0.25) is 9.98 Å². The van der Waals surface area contributed by atoms with Crippen LogP contribution < -0.4 is 5.32 Å². The van der Waals surface area contributed by atoms with Crippen molar-refractivity contribution in [3.05, 3.63) is 63.9 Å². The molecular weight excluding hydrogens is 404 g/mol. The second-order valence-electron chi connectivity index (χ2n) is 9.16. The average molecular weight is 435 g/mol. The quantitative estimate of drug-likeness (QED) is 0.700. The largest absolute Gasteiger partial charge is 0.361 e. The maximum atomic E-state index is 6.45. The lowest BCUT2D eigenvalue weighted by Crippen LogP contribution is -2.32. The van der Waals surface area contributed by atoms with E-state index in [-0.39, 0.29) is 0 Å². The molecule has 1 aromatic heterocycles. The second kappa shape index (κ2) is 9.13. The summed E-state index contributed by atoms with van der Waals surface area (Å²) in [6.45, 7) is 6.42. The number of aromatic nitrogens is 1. The Kier molecular flexibility index (Phi) is 6.10. The summed E-state index contributed by atoms with van der Waals surface area (Å²) in [5.74, 6) is 0.927. The van der Waals surface area contributed by atoms with Crippen LogP contribution in [-0.2, 0) is 0 Å². The molecular formula is C26H31ClN4. The lowest BCUT2D eigenvalue weighted by atomic mass is 9.76. The van der Waals surface area contributed by atoms with Crippen molar-refractivity contribution in [1.82, 2.24) is 15.2 Å². The fraction of sp³-hybridized carbons (Fsp3) is 0.462. The van der Waals surface area contributed by atoms with Crippen LogP contribution in [0.25, 0.3) is 11.6 Å². The van der Waals surface area contributed by atoms with Gasteiger partial charge in [0.15, 0.2) is 0 Å². The average Bonchev–Trinajstić information content (AvgIpc) is 3.15. The first kappa shape index (κ1) is 20.7. The van der Waals surface area contributed by atoms with Crippen molar-refractivity contribution < 1.29 is 0 Å². The fourth-order valence-corrected chi connectivity index (χ4v) is 5.61. The molecule has 0 spiro atoms. The van der Waals surface area contributed by atoms with Gasteiger partial charge in [-0.05, 0) is 92.1 Å². The predicted octanol–water partition coefficient (Wildman–Crippen LogP) is 5.23. The summed E-state index contributed by atoms with van der Waals surface area (Å²) in [5.41, 5.74) is 6.60. The molecule has 2 aliphatic heterocycles. The number of rotatable bonds is 5. The molecule has 162 valence electrons. The molecule has 1 N–H and O–H groups in total. The molecule has 1 aromatic carbocycles. The van der Waals surface area contributed by atoms with E-state index in [0.29, 0.717) is 17.9 Å². The van der Waals surface area contributed by atoms with Crippen molar-refractivity contribution in [3.8, 4) is 0 Å². The van der Waals surface area contributed by atoms with Gasteiger partial charge in [-0.2, -0.15) is 0 Å². The molecule has 1 fully saturated rings. The van der Waals surface area contributed by atoms with Crippen LogP contribution in [0.1, 0.15) is 60.9 Å². The Hall–Kier alpha value is -2.17. The van der Waals surface area contributed by atoms with Crippen LogP contribution in [0, 0.1) is 5.92 Å². The van der Waals surface area contributed by atoms with Gasteiger partial charge in [0.25, 0.3) is 0 Å². The Morgan fingerprint density at radius 3 is 2.87 bits per heavy atom. The topological polar surface area (TPSA) is 40.5 Å². The zero-order valence-electron chi connectivity index (χ0n) is 18.2. The normalized spacial score (nSPS) is 23.3. The number of nitrogens with one attached hydrogen (secondary N) is 1. The van der Waals surface area contributed by atoms with Gasteiger partial charge in [0, 0.05) is 30.2 Å². The summed E-state index contributed by atoms with van der Waals surface area (Å²) in [6.07, 6.45) is 10.9. The van der Waals surface area contributed by atoms with E-state index in [1.54, 1.807) is 0 Å². The Bertz CT molecular complexity index is 993. The number of allylic oxidation sites excluding steroid dienone is 1. The molecule has 0 radical (unpaired) electrons. The van der Waals surface area contributed by atoms with E-state index in [4.69, 9.17) is 16.6 Å². The Morgan fingerprint density at radius 2 is 2.06 bits per heavy atom. The summed E-state index contributed by atoms with van der Waals surface area (Å²) in [6, 6.07) is 11.2. The highest BCUT2D eigenvalue weighted by Crippen LogP contribution is 2.44. The maximum absolute atomic E-state index is 6.45. The number of piperidine rings is 1. The van der Waals surface area contributed by atoms with E-state index >= 15 is 0 Å². The molecule has 1 saturated heterocycles. The van der Waals surface area contributed by atoms with Gasteiger partial charge in [-0.1, -0.05) is 29.8 Å². The molecule has 31 heavy (non-hydrogen) atoms. The highest BCUT2D eigenvalue weighted by Gasteiger charge is 2.33. The highest BCUT2D eigenvalue weighted by atomic mass is 35.5. The van der Waals surface area contributed by atoms with Gasteiger partial charge in [0.05, 0.1) is 18.1 Å². The van der Waals surface area contributed by atoms with Gasteiger partial charge in [-0.25, -0.2) is 0 Å². The summed E-state index contributed by atoms with van der Waals surface area (Å²) in [4.78, 5) is 11.8. The molecule has 5 rings (SSSR count). The Balaban J connectivity index is 1.49. The van der Waals surface area contributed by atoms with Crippen LogP contribution in [-0.4, -0.2) is 48.4 Å². The first-order chi connectivity index (χ1) is 15.2. The van der Waals surface area contributed by atoms with Crippen LogP contribution in [0.2, 0.25) is 5.02 Å². The molecule has 0 saturated carbocycles. The number of aliphatic imine (C=N–C) groups is 1. The minimum Gasteiger partial charge on any atom is -0.361 e. The monoisotopic (exact) mass is 434 g/mol. The number of hydrogen-bond donors (Lipinski definition) is 1. The van der Waals surface area contributed by atoms with E-state index in [0.717, 1.165) is 44.0 Å². The Morgan fingerprint density at radius 1 is 1.19 bits per heavy atom. The first-order valence-electron chi connectivity index (χ1n) is 11.6. The molecule has 5 heteroatoms. The molecule has 2 unspecified atom stereocenters. The third kappa shape index (κ3) is 4.42. The van der Waals surface area contributed by atoms with Crippen molar-refractivity contribution in [2.75, 3.05) is 26.2 Å². The van der Waals surface area contributed by atoms with Crippen molar-refractivity contribution in [1.29, 1.82) is 0 Å². The molecule has 3 heterocycles. The maximum Gasteiger partial charge on any atom is 0.0854 e. The van der Waals surface area contributed by atoms with Crippen LogP contribution in [0.15, 0.2) is 41.5 Å². The predicted molar refractivity (Wildman–Crippen MR) is 130 cm³/mol. The zero-order chi connectivity index (χ0) is 21.2. The molecule has 0 amide bonds. The fourth-order valence-electron chi connectivity index (χ4n) is 5.43.